The molecule has 0 N–H and O–H groups in total. The molecule has 1 saturated heterocycles. The van der Waals surface area contributed by atoms with E-state index < -0.39 is 0 Å². The van der Waals surface area contributed by atoms with Crippen LogP contribution in [0.3, 0.4) is 0 Å². The van der Waals surface area contributed by atoms with Gasteiger partial charge < -0.3 is 14.4 Å². The Morgan fingerprint density at radius 1 is 1.35 bits per heavy atom. The Hall–Kier alpha value is -2.07. The van der Waals surface area contributed by atoms with Crippen molar-refractivity contribution in [2.75, 3.05) is 44.9 Å². The van der Waals surface area contributed by atoms with Gasteiger partial charge in [-0.15, -0.1) is 22.7 Å². The summed E-state index contributed by atoms with van der Waals surface area (Å²) >= 11 is 3.13. The van der Waals surface area contributed by atoms with Crippen LogP contribution >= 0.6 is 22.7 Å². The number of hydrogen-bond donors (Lipinski definition) is 0. The smallest absolute Gasteiger partial charge is 0.348 e. The van der Waals surface area contributed by atoms with E-state index in [9.17, 15) is 4.79 Å². The summed E-state index contributed by atoms with van der Waals surface area (Å²) in [6, 6.07) is 4.36. The molecule has 1 fully saturated rings. The molecule has 4 heterocycles. The highest BCUT2D eigenvalue weighted by Gasteiger charge is 2.26. The van der Waals surface area contributed by atoms with Crippen molar-refractivity contribution in [3.63, 3.8) is 0 Å². The second kappa shape index (κ2) is 9.60. The number of anilines is 1. The predicted molar refractivity (Wildman–Crippen MR) is 125 cm³/mol. The zero-order valence-corrected chi connectivity index (χ0v) is 20.0. The summed E-state index contributed by atoms with van der Waals surface area (Å²) in [4.78, 5) is 29.6. The molecule has 3 aromatic rings. The molecule has 1 atom stereocenters. The maximum atomic E-state index is 12.5. The SMILES string of the molecule is CCOC(=O)c1sc2nc(CN3CCOCC3)nc(N(C)[C@@H](C)c3cccs3)c2c1C. The largest absolute Gasteiger partial charge is 0.462 e. The molecule has 0 spiro atoms. The quantitative estimate of drug-likeness (QED) is 0.488. The van der Waals surface area contributed by atoms with Gasteiger partial charge in [-0.25, -0.2) is 14.8 Å². The maximum absolute atomic E-state index is 12.5. The molecule has 0 bridgehead atoms. The van der Waals surface area contributed by atoms with Gasteiger partial charge in [0.2, 0.25) is 0 Å². The summed E-state index contributed by atoms with van der Waals surface area (Å²) in [5.74, 6) is 1.34. The lowest BCUT2D eigenvalue weighted by atomic mass is 10.1. The highest BCUT2D eigenvalue weighted by Crippen LogP contribution is 2.38. The summed E-state index contributed by atoms with van der Waals surface area (Å²) in [5, 5.41) is 3.03. The number of carbonyl (C=O) groups excluding carboxylic acids is 1. The first-order valence-electron chi connectivity index (χ1n) is 10.5. The molecule has 7 nitrogen and oxygen atoms in total. The Labute approximate surface area is 190 Å². The molecular formula is C22H28N4O3S2. The van der Waals surface area contributed by atoms with E-state index >= 15 is 0 Å². The summed E-state index contributed by atoms with van der Waals surface area (Å²) < 4.78 is 10.8. The average molecular weight is 461 g/mol. The number of thiophene rings is 2. The van der Waals surface area contributed by atoms with E-state index in [2.05, 4.69) is 41.3 Å². The van der Waals surface area contributed by atoms with Crippen molar-refractivity contribution >= 4 is 44.7 Å². The van der Waals surface area contributed by atoms with E-state index in [0.717, 1.165) is 53.7 Å². The maximum Gasteiger partial charge on any atom is 0.348 e. The second-order valence-corrected chi connectivity index (χ2v) is 9.59. The average Bonchev–Trinajstić information content (AvgIpc) is 3.42. The van der Waals surface area contributed by atoms with Gasteiger partial charge >= 0.3 is 5.97 Å². The molecule has 166 valence electrons. The number of esters is 1. The number of aryl methyl sites for hydroxylation is 1. The van der Waals surface area contributed by atoms with Gasteiger partial charge in [-0.05, 0) is 37.8 Å². The number of ether oxygens (including phenoxy) is 2. The Kier molecular flexibility index (Phi) is 6.86. The Morgan fingerprint density at radius 3 is 2.81 bits per heavy atom. The van der Waals surface area contributed by atoms with Gasteiger partial charge in [-0.3, -0.25) is 4.90 Å². The summed E-state index contributed by atoms with van der Waals surface area (Å²) in [7, 11) is 2.06. The van der Waals surface area contributed by atoms with Crippen LogP contribution in [0.15, 0.2) is 17.5 Å². The lowest BCUT2D eigenvalue weighted by Crippen LogP contribution is -2.36. The molecule has 1 aliphatic rings. The Bertz CT molecular complexity index is 1040. The van der Waals surface area contributed by atoms with Crippen molar-refractivity contribution in [3.05, 3.63) is 38.7 Å². The van der Waals surface area contributed by atoms with Crippen molar-refractivity contribution < 1.29 is 14.3 Å². The molecule has 3 aromatic heterocycles. The molecular weight excluding hydrogens is 432 g/mol. The number of nitrogens with zero attached hydrogens (tertiary/aromatic N) is 4. The Morgan fingerprint density at radius 2 is 2.13 bits per heavy atom. The lowest BCUT2D eigenvalue weighted by Gasteiger charge is -2.28. The van der Waals surface area contributed by atoms with E-state index in [-0.39, 0.29) is 12.0 Å². The fraction of sp³-hybridized carbons (Fsp3) is 0.500. The van der Waals surface area contributed by atoms with E-state index in [1.165, 1.54) is 16.2 Å². The fourth-order valence-corrected chi connectivity index (χ4v) is 5.66. The van der Waals surface area contributed by atoms with Gasteiger partial charge in [0.15, 0.2) is 0 Å². The Balaban J connectivity index is 1.78. The fourth-order valence-electron chi connectivity index (χ4n) is 3.74. The van der Waals surface area contributed by atoms with Gasteiger partial charge in [-0.1, -0.05) is 6.07 Å². The minimum atomic E-state index is -0.294. The molecule has 4 rings (SSSR count). The van der Waals surface area contributed by atoms with Crippen molar-refractivity contribution in [1.82, 2.24) is 14.9 Å². The number of carbonyl (C=O) groups is 1. The number of morpholine rings is 1. The van der Waals surface area contributed by atoms with Crippen molar-refractivity contribution in [1.29, 1.82) is 0 Å². The highest BCUT2D eigenvalue weighted by atomic mass is 32.1. The van der Waals surface area contributed by atoms with Crippen LogP contribution < -0.4 is 4.90 Å². The number of fused-ring (bicyclic) bond motifs is 1. The van der Waals surface area contributed by atoms with E-state index in [1.807, 2.05) is 13.8 Å². The zero-order chi connectivity index (χ0) is 22.0. The minimum Gasteiger partial charge on any atom is -0.462 e. The van der Waals surface area contributed by atoms with Crippen LogP contribution in [-0.2, 0) is 16.0 Å². The third kappa shape index (κ3) is 4.59. The standard InChI is InChI=1S/C22H28N4O3S2/c1-5-29-22(27)19-14(2)18-20(25(4)15(3)16-7-6-12-30-16)23-17(24-21(18)31-19)13-26-8-10-28-11-9-26/h6-7,12,15H,5,8-11,13H2,1-4H3/t15-/m0/s1. The molecule has 0 aromatic carbocycles. The van der Waals surface area contributed by atoms with Crippen molar-refractivity contribution in [3.8, 4) is 0 Å². The topological polar surface area (TPSA) is 67.8 Å². The molecule has 9 heteroatoms. The van der Waals surface area contributed by atoms with Crippen LogP contribution in [0.4, 0.5) is 5.82 Å². The minimum absolute atomic E-state index is 0.152. The van der Waals surface area contributed by atoms with Crippen LogP contribution in [-0.4, -0.2) is 60.8 Å². The van der Waals surface area contributed by atoms with Gasteiger partial charge in [-0.2, -0.15) is 0 Å². The third-order valence-corrected chi connectivity index (χ3v) is 7.83. The zero-order valence-electron chi connectivity index (χ0n) is 18.4. The number of rotatable bonds is 7. The van der Waals surface area contributed by atoms with Gasteiger partial charge in [0.05, 0.1) is 37.8 Å². The molecule has 0 aliphatic carbocycles. The number of hydrogen-bond acceptors (Lipinski definition) is 9. The van der Waals surface area contributed by atoms with Crippen LogP contribution in [0, 0.1) is 6.92 Å². The molecule has 0 unspecified atom stereocenters. The predicted octanol–water partition coefficient (Wildman–Crippen LogP) is 4.27. The lowest BCUT2D eigenvalue weighted by molar-refractivity contribution is 0.0331. The van der Waals surface area contributed by atoms with E-state index in [1.54, 1.807) is 11.3 Å². The monoisotopic (exact) mass is 460 g/mol. The van der Waals surface area contributed by atoms with Gasteiger partial charge in [0.25, 0.3) is 0 Å². The van der Waals surface area contributed by atoms with Crippen LogP contribution in [0.1, 0.15) is 45.8 Å². The van der Waals surface area contributed by atoms with Crippen LogP contribution in [0.5, 0.6) is 0 Å². The second-order valence-electron chi connectivity index (χ2n) is 7.61. The summed E-state index contributed by atoms with van der Waals surface area (Å²) in [5.41, 5.74) is 0.886. The third-order valence-electron chi connectivity index (χ3n) is 5.62. The molecule has 0 radical (unpaired) electrons. The number of aromatic nitrogens is 2. The summed E-state index contributed by atoms with van der Waals surface area (Å²) in [6.07, 6.45) is 0. The first-order valence-corrected chi connectivity index (χ1v) is 12.2. The molecule has 1 aliphatic heterocycles. The first-order chi connectivity index (χ1) is 15.0. The van der Waals surface area contributed by atoms with Crippen molar-refractivity contribution in [2.24, 2.45) is 0 Å². The molecule has 0 amide bonds. The molecule has 31 heavy (non-hydrogen) atoms. The first kappa shape index (κ1) is 22.1. The highest BCUT2D eigenvalue weighted by molar-refractivity contribution is 7.20. The van der Waals surface area contributed by atoms with Crippen molar-refractivity contribution in [2.45, 2.75) is 33.4 Å². The van der Waals surface area contributed by atoms with E-state index in [0.29, 0.717) is 18.0 Å². The van der Waals surface area contributed by atoms with Gasteiger partial charge in [0.1, 0.15) is 21.3 Å². The van der Waals surface area contributed by atoms with Crippen LogP contribution in [0.25, 0.3) is 10.2 Å². The molecule has 0 saturated carbocycles. The normalized spacial score (nSPS) is 15.9. The van der Waals surface area contributed by atoms with Crippen LogP contribution in [0.2, 0.25) is 0 Å². The summed E-state index contributed by atoms with van der Waals surface area (Å²) in [6.45, 7) is 10.2. The van der Waals surface area contributed by atoms with Gasteiger partial charge in [0, 0.05) is 25.0 Å². The van der Waals surface area contributed by atoms with E-state index in [4.69, 9.17) is 19.4 Å².